The van der Waals surface area contributed by atoms with Gasteiger partial charge in [0.25, 0.3) is 5.91 Å². The zero-order valence-corrected chi connectivity index (χ0v) is 10.8. The third kappa shape index (κ3) is 1.97. The predicted octanol–water partition coefficient (Wildman–Crippen LogP) is 2.20. The lowest BCUT2D eigenvalue weighted by atomic mass is 10.1. The van der Waals surface area contributed by atoms with Crippen molar-refractivity contribution < 1.29 is 9.18 Å². The number of hydrogen-bond acceptors (Lipinski definition) is 3. The van der Waals surface area contributed by atoms with Crippen LogP contribution < -0.4 is 16.4 Å². The first-order valence-electron chi connectivity index (χ1n) is 6.31. The SMILES string of the molecule is NC(=O)c1cc(N)ccc1N1CCc2ccc(F)cc21. The maximum Gasteiger partial charge on any atom is 0.250 e. The highest BCUT2D eigenvalue weighted by molar-refractivity contribution is 6.00. The Labute approximate surface area is 115 Å². The highest BCUT2D eigenvalue weighted by Crippen LogP contribution is 2.37. The molecule has 1 aliphatic heterocycles. The number of carbonyl (C=O) groups is 1. The minimum Gasteiger partial charge on any atom is -0.399 e. The largest absolute Gasteiger partial charge is 0.399 e. The zero-order chi connectivity index (χ0) is 14.3. The van der Waals surface area contributed by atoms with E-state index in [0.29, 0.717) is 23.5 Å². The molecule has 0 spiro atoms. The molecule has 2 aromatic carbocycles. The quantitative estimate of drug-likeness (QED) is 0.822. The molecule has 0 bridgehead atoms. The van der Waals surface area contributed by atoms with Gasteiger partial charge < -0.3 is 16.4 Å². The van der Waals surface area contributed by atoms with Gasteiger partial charge in [-0.1, -0.05) is 6.07 Å². The van der Waals surface area contributed by atoms with Crippen LogP contribution in [-0.4, -0.2) is 12.5 Å². The standard InChI is InChI=1S/C15H14FN3O/c16-10-2-1-9-5-6-19(14(9)7-10)13-4-3-11(17)8-12(13)15(18)20/h1-4,7-8H,5-6,17H2,(H2,18,20). The van der Waals surface area contributed by atoms with E-state index in [1.165, 1.54) is 12.1 Å². The van der Waals surface area contributed by atoms with E-state index in [1.54, 1.807) is 24.3 Å². The van der Waals surface area contributed by atoms with Gasteiger partial charge in [0.05, 0.1) is 11.3 Å². The Morgan fingerprint density at radius 2 is 1.95 bits per heavy atom. The van der Waals surface area contributed by atoms with Crippen LogP contribution in [0.25, 0.3) is 0 Å². The minimum atomic E-state index is -0.544. The van der Waals surface area contributed by atoms with E-state index >= 15 is 0 Å². The fourth-order valence-corrected chi connectivity index (χ4v) is 2.59. The zero-order valence-electron chi connectivity index (χ0n) is 10.8. The lowest BCUT2D eigenvalue weighted by Gasteiger charge is -2.22. The van der Waals surface area contributed by atoms with Crippen molar-refractivity contribution in [2.75, 3.05) is 17.2 Å². The molecule has 0 aromatic heterocycles. The van der Waals surface area contributed by atoms with Crippen molar-refractivity contribution in [3.8, 4) is 0 Å². The van der Waals surface area contributed by atoms with E-state index in [2.05, 4.69) is 0 Å². The minimum absolute atomic E-state index is 0.299. The molecule has 0 fully saturated rings. The normalized spacial score (nSPS) is 13.3. The summed E-state index contributed by atoms with van der Waals surface area (Å²) in [6, 6.07) is 9.69. The van der Waals surface area contributed by atoms with E-state index in [-0.39, 0.29) is 5.82 Å². The number of nitrogen functional groups attached to an aromatic ring is 1. The number of rotatable bonds is 2. The molecule has 2 aromatic rings. The van der Waals surface area contributed by atoms with E-state index < -0.39 is 5.91 Å². The summed E-state index contributed by atoms with van der Waals surface area (Å²) in [5.74, 6) is -0.844. The van der Waals surface area contributed by atoms with Gasteiger partial charge in [0.1, 0.15) is 5.82 Å². The molecular formula is C15H14FN3O. The van der Waals surface area contributed by atoms with Gasteiger partial charge in [0.15, 0.2) is 0 Å². The molecule has 4 nitrogen and oxygen atoms in total. The van der Waals surface area contributed by atoms with Crippen molar-refractivity contribution in [1.29, 1.82) is 0 Å². The molecule has 5 heteroatoms. The number of amides is 1. The molecule has 20 heavy (non-hydrogen) atoms. The van der Waals surface area contributed by atoms with Crippen molar-refractivity contribution in [2.24, 2.45) is 5.73 Å². The van der Waals surface area contributed by atoms with Crippen LogP contribution in [0.15, 0.2) is 36.4 Å². The van der Waals surface area contributed by atoms with Crippen LogP contribution in [0.2, 0.25) is 0 Å². The van der Waals surface area contributed by atoms with Gasteiger partial charge in [-0.3, -0.25) is 4.79 Å². The van der Waals surface area contributed by atoms with Crippen LogP contribution in [0.1, 0.15) is 15.9 Å². The van der Waals surface area contributed by atoms with Gasteiger partial charge in [0, 0.05) is 17.9 Å². The molecule has 1 heterocycles. The summed E-state index contributed by atoms with van der Waals surface area (Å²) in [7, 11) is 0. The average Bonchev–Trinajstić information content (AvgIpc) is 2.81. The first kappa shape index (κ1) is 12.5. The van der Waals surface area contributed by atoms with E-state index in [4.69, 9.17) is 11.5 Å². The summed E-state index contributed by atoms with van der Waals surface area (Å²) < 4.78 is 13.4. The number of halogens is 1. The van der Waals surface area contributed by atoms with Gasteiger partial charge in [-0.2, -0.15) is 0 Å². The molecule has 4 N–H and O–H groups in total. The summed E-state index contributed by atoms with van der Waals surface area (Å²) in [6.07, 6.45) is 0.804. The summed E-state index contributed by atoms with van der Waals surface area (Å²) in [5, 5.41) is 0. The number of benzene rings is 2. The molecule has 0 saturated heterocycles. The second kappa shape index (κ2) is 4.52. The van der Waals surface area contributed by atoms with Crippen molar-refractivity contribution >= 4 is 23.0 Å². The van der Waals surface area contributed by atoms with Crippen LogP contribution in [0, 0.1) is 5.82 Å². The molecule has 102 valence electrons. The highest BCUT2D eigenvalue weighted by Gasteiger charge is 2.24. The lowest BCUT2D eigenvalue weighted by molar-refractivity contribution is 0.100. The van der Waals surface area contributed by atoms with Gasteiger partial charge >= 0.3 is 0 Å². The average molecular weight is 271 g/mol. The molecule has 0 atom stereocenters. The Morgan fingerprint density at radius 3 is 2.70 bits per heavy atom. The van der Waals surface area contributed by atoms with Crippen LogP contribution in [-0.2, 0) is 6.42 Å². The first-order chi connectivity index (χ1) is 9.56. The Kier molecular flexibility index (Phi) is 2.82. The summed E-state index contributed by atoms with van der Waals surface area (Å²) in [4.78, 5) is 13.5. The van der Waals surface area contributed by atoms with Crippen molar-refractivity contribution in [1.82, 2.24) is 0 Å². The third-order valence-electron chi connectivity index (χ3n) is 3.52. The smallest absolute Gasteiger partial charge is 0.250 e. The number of hydrogen-bond donors (Lipinski definition) is 2. The first-order valence-corrected chi connectivity index (χ1v) is 6.31. The van der Waals surface area contributed by atoms with Crippen LogP contribution >= 0.6 is 0 Å². The maximum atomic E-state index is 13.4. The van der Waals surface area contributed by atoms with Gasteiger partial charge in [-0.25, -0.2) is 4.39 Å². The summed E-state index contributed by atoms with van der Waals surface area (Å²) >= 11 is 0. The Hall–Kier alpha value is -2.56. The lowest BCUT2D eigenvalue weighted by Crippen LogP contribution is -2.20. The third-order valence-corrected chi connectivity index (χ3v) is 3.52. The fraction of sp³-hybridized carbons (Fsp3) is 0.133. The van der Waals surface area contributed by atoms with Gasteiger partial charge in [-0.05, 0) is 42.3 Å². The topological polar surface area (TPSA) is 72.3 Å². The van der Waals surface area contributed by atoms with E-state index in [0.717, 1.165) is 17.7 Å². The number of primary amides is 1. The van der Waals surface area contributed by atoms with Crippen molar-refractivity contribution in [3.05, 3.63) is 53.3 Å². The van der Waals surface area contributed by atoms with Crippen LogP contribution in [0.5, 0.6) is 0 Å². The Bertz CT molecular complexity index is 700. The summed E-state index contributed by atoms with van der Waals surface area (Å²) in [6.45, 7) is 0.684. The molecular weight excluding hydrogens is 257 g/mol. The number of fused-ring (bicyclic) bond motifs is 1. The second-order valence-electron chi connectivity index (χ2n) is 4.82. The number of carbonyl (C=O) groups excluding carboxylic acids is 1. The number of anilines is 3. The number of nitrogens with two attached hydrogens (primary N) is 2. The summed E-state index contributed by atoms with van der Waals surface area (Å²) in [5.41, 5.74) is 14.4. The highest BCUT2D eigenvalue weighted by atomic mass is 19.1. The van der Waals surface area contributed by atoms with Crippen LogP contribution in [0.3, 0.4) is 0 Å². The molecule has 0 unspecified atom stereocenters. The Morgan fingerprint density at radius 1 is 1.15 bits per heavy atom. The molecule has 1 aliphatic rings. The second-order valence-corrected chi connectivity index (χ2v) is 4.82. The number of nitrogens with zero attached hydrogens (tertiary/aromatic N) is 1. The molecule has 0 radical (unpaired) electrons. The van der Waals surface area contributed by atoms with Gasteiger partial charge in [0.2, 0.25) is 0 Å². The molecule has 3 rings (SSSR count). The van der Waals surface area contributed by atoms with E-state index in [9.17, 15) is 9.18 Å². The fourth-order valence-electron chi connectivity index (χ4n) is 2.59. The predicted molar refractivity (Wildman–Crippen MR) is 76.5 cm³/mol. The Balaban J connectivity index is 2.13. The van der Waals surface area contributed by atoms with Crippen molar-refractivity contribution in [3.63, 3.8) is 0 Å². The molecule has 0 saturated carbocycles. The monoisotopic (exact) mass is 271 g/mol. The van der Waals surface area contributed by atoms with Crippen molar-refractivity contribution in [2.45, 2.75) is 6.42 Å². The molecule has 0 aliphatic carbocycles. The molecule has 1 amide bonds. The van der Waals surface area contributed by atoms with Gasteiger partial charge in [-0.15, -0.1) is 0 Å². The maximum absolute atomic E-state index is 13.4. The van der Waals surface area contributed by atoms with E-state index in [1.807, 2.05) is 4.90 Å². The van der Waals surface area contributed by atoms with Crippen LogP contribution in [0.4, 0.5) is 21.5 Å².